The molecule has 9 heteroatoms. The second-order valence-corrected chi connectivity index (χ2v) is 7.78. The van der Waals surface area contributed by atoms with Crippen molar-refractivity contribution >= 4 is 28.3 Å². The molecule has 1 saturated carbocycles. The van der Waals surface area contributed by atoms with Crippen molar-refractivity contribution in [2.75, 3.05) is 31.7 Å². The SMILES string of the molecule is COCc1nnc(N2CC(C(=O)NCCCOC3CCCC3)CC2=O)s1. The Hall–Kier alpha value is -1.58. The molecule has 0 spiro atoms. The number of aromatic nitrogens is 2. The monoisotopic (exact) mass is 382 g/mol. The van der Waals surface area contributed by atoms with Gasteiger partial charge in [0.25, 0.3) is 0 Å². The van der Waals surface area contributed by atoms with Crippen molar-refractivity contribution in [2.24, 2.45) is 5.92 Å². The number of methoxy groups -OCH3 is 1. The number of rotatable bonds is 9. The normalized spacial score (nSPS) is 20.9. The Kier molecular flexibility index (Phi) is 6.93. The van der Waals surface area contributed by atoms with Crippen LogP contribution in [0.5, 0.6) is 0 Å². The van der Waals surface area contributed by atoms with E-state index in [1.165, 1.54) is 24.2 Å². The zero-order chi connectivity index (χ0) is 18.4. The molecule has 1 aliphatic heterocycles. The Morgan fingerprint density at radius 2 is 2.15 bits per heavy atom. The average molecular weight is 382 g/mol. The maximum absolute atomic E-state index is 12.3. The summed E-state index contributed by atoms with van der Waals surface area (Å²) < 4.78 is 10.8. The lowest BCUT2D eigenvalue weighted by Crippen LogP contribution is -2.34. The lowest BCUT2D eigenvalue weighted by molar-refractivity contribution is -0.126. The van der Waals surface area contributed by atoms with E-state index in [2.05, 4.69) is 15.5 Å². The summed E-state index contributed by atoms with van der Waals surface area (Å²) in [6.07, 6.45) is 6.24. The third kappa shape index (κ3) is 4.99. The molecule has 0 bridgehead atoms. The van der Waals surface area contributed by atoms with Crippen molar-refractivity contribution in [3.63, 3.8) is 0 Å². The highest BCUT2D eigenvalue weighted by atomic mass is 32.1. The number of hydrogen-bond donors (Lipinski definition) is 1. The van der Waals surface area contributed by atoms with Crippen LogP contribution < -0.4 is 10.2 Å². The van der Waals surface area contributed by atoms with Gasteiger partial charge in [-0.15, -0.1) is 10.2 Å². The molecule has 1 aromatic rings. The predicted molar refractivity (Wildman–Crippen MR) is 96.9 cm³/mol. The molecule has 8 nitrogen and oxygen atoms in total. The van der Waals surface area contributed by atoms with Crippen molar-refractivity contribution < 1.29 is 19.1 Å². The Morgan fingerprint density at radius 3 is 2.92 bits per heavy atom. The van der Waals surface area contributed by atoms with Crippen molar-refractivity contribution in [1.82, 2.24) is 15.5 Å². The number of ether oxygens (including phenoxy) is 2. The highest BCUT2D eigenvalue weighted by Gasteiger charge is 2.36. The van der Waals surface area contributed by atoms with E-state index in [4.69, 9.17) is 9.47 Å². The van der Waals surface area contributed by atoms with E-state index in [0.29, 0.717) is 42.5 Å². The van der Waals surface area contributed by atoms with Gasteiger partial charge in [0, 0.05) is 33.2 Å². The first-order chi connectivity index (χ1) is 12.7. The average Bonchev–Trinajstić information content (AvgIpc) is 3.35. The Balaban J connectivity index is 1.38. The van der Waals surface area contributed by atoms with Crippen LogP contribution in [0, 0.1) is 5.92 Å². The molecule has 1 N–H and O–H groups in total. The maximum Gasteiger partial charge on any atom is 0.229 e. The molecule has 2 heterocycles. The standard InChI is InChI=1S/C17H26N4O4S/c1-24-11-14-19-20-17(26-14)21-10-12(9-15(21)22)16(23)18-7-4-8-25-13-5-2-3-6-13/h12-13H,2-11H2,1H3,(H,18,23). The molecule has 0 aromatic carbocycles. The van der Waals surface area contributed by atoms with Gasteiger partial charge in [-0.3, -0.25) is 14.5 Å². The minimum absolute atomic E-state index is 0.0802. The second kappa shape index (κ2) is 9.38. The molecule has 3 rings (SSSR count). The molecule has 1 unspecified atom stereocenters. The number of carbonyl (C=O) groups excluding carboxylic acids is 2. The third-order valence-corrected chi connectivity index (χ3v) is 5.65. The van der Waals surface area contributed by atoms with Gasteiger partial charge in [0.05, 0.1) is 12.0 Å². The lowest BCUT2D eigenvalue weighted by Gasteiger charge is -2.13. The van der Waals surface area contributed by atoms with Crippen LogP contribution in [-0.2, 0) is 25.7 Å². The number of hydrogen-bond acceptors (Lipinski definition) is 7. The van der Waals surface area contributed by atoms with Crippen LogP contribution in [0.15, 0.2) is 0 Å². The molecule has 2 amide bonds. The van der Waals surface area contributed by atoms with Gasteiger partial charge in [-0.05, 0) is 19.3 Å². The number of carbonyl (C=O) groups is 2. The fraction of sp³-hybridized carbons (Fsp3) is 0.765. The molecule has 1 aliphatic carbocycles. The fourth-order valence-corrected chi connectivity index (χ4v) is 4.17. The van der Waals surface area contributed by atoms with Crippen molar-refractivity contribution in [1.29, 1.82) is 0 Å². The summed E-state index contributed by atoms with van der Waals surface area (Å²) in [6, 6.07) is 0. The maximum atomic E-state index is 12.3. The van der Waals surface area contributed by atoms with E-state index in [1.54, 1.807) is 12.0 Å². The minimum Gasteiger partial charge on any atom is -0.378 e. The minimum atomic E-state index is -0.340. The van der Waals surface area contributed by atoms with Gasteiger partial charge in [-0.1, -0.05) is 24.2 Å². The van der Waals surface area contributed by atoms with E-state index < -0.39 is 0 Å². The van der Waals surface area contributed by atoms with Gasteiger partial charge in [0.15, 0.2) is 0 Å². The van der Waals surface area contributed by atoms with Crippen LogP contribution in [0.3, 0.4) is 0 Å². The number of anilines is 1. The van der Waals surface area contributed by atoms with Crippen molar-refractivity contribution in [2.45, 2.75) is 51.2 Å². The molecule has 1 saturated heterocycles. The van der Waals surface area contributed by atoms with E-state index in [1.807, 2.05) is 0 Å². The van der Waals surface area contributed by atoms with E-state index >= 15 is 0 Å². The second-order valence-electron chi connectivity index (χ2n) is 6.74. The van der Waals surface area contributed by atoms with Crippen molar-refractivity contribution in [3.8, 4) is 0 Å². The van der Waals surface area contributed by atoms with Gasteiger partial charge in [-0.25, -0.2) is 0 Å². The Labute approximate surface area is 157 Å². The molecule has 1 aromatic heterocycles. The summed E-state index contributed by atoms with van der Waals surface area (Å²) in [7, 11) is 1.58. The molecule has 2 fully saturated rings. The van der Waals surface area contributed by atoms with Crippen LogP contribution in [0.25, 0.3) is 0 Å². The molecule has 26 heavy (non-hydrogen) atoms. The van der Waals surface area contributed by atoms with Gasteiger partial charge in [-0.2, -0.15) is 0 Å². The highest BCUT2D eigenvalue weighted by molar-refractivity contribution is 7.15. The molecule has 144 valence electrons. The Bertz CT molecular complexity index is 618. The first-order valence-electron chi connectivity index (χ1n) is 9.18. The summed E-state index contributed by atoms with van der Waals surface area (Å²) in [6.45, 7) is 1.97. The molecule has 2 aliphatic rings. The van der Waals surface area contributed by atoms with E-state index in [9.17, 15) is 9.59 Å². The van der Waals surface area contributed by atoms with Crippen LogP contribution in [-0.4, -0.2) is 54.9 Å². The lowest BCUT2D eigenvalue weighted by atomic mass is 10.1. The number of nitrogens with one attached hydrogen (secondary N) is 1. The summed E-state index contributed by atoms with van der Waals surface area (Å²) >= 11 is 1.32. The number of nitrogens with zero attached hydrogens (tertiary/aromatic N) is 3. The van der Waals surface area contributed by atoms with Crippen LogP contribution in [0.4, 0.5) is 5.13 Å². The zero-order valence-corrected chi connectivity index (χ0v) is 15.9. The zero-order valence-electron chi connectivity index (χ0n) is 15.1. The van der Waals surface area contributed by atoms with Gasteiger partial charge >= 0.3 is 0 Å². The summed E-state index contributed by atoms with van der Waals surface area (Å²) in [5.41, 5.74) is 0. The molecular formula is C17H26N4O4S. The topological polar surface area (TPSA) is 93.7 Å². The van der Waals surface area contributed by atoms with E-state index in [0.717, 1.165) is 19.3 Å². The fourth-order valence-electron chi connectivity index (χ4n) is 3.34. The smallest absolute Gasteiger partial charge is 0.229 e. The summed E-state index contributed by atoms with van der Waals surface area (Å²) in [5.74, 6) is -0.508. The predicted octanol–water partition coefficient (Wildman–Crippen LogP) is 1.50. The van der Waals surface area contributed by atoms with Crippen LogP contribution in [0.2, 0.25) is 0 Å². The quantitative estimate of drug-likeness (QED) is 0.651. The first-order valence-corrected chi connectivity index (χ1v) is 10.00. The molecular weight excluding hydrogens is 356 g/mol. The van der Waals surface area contributed by atoms with Gasteiger partial charge in [0.2, 0.25) is 16.9 Å². The van der Waals surface area contributed by atoms with Gasteiger partial charge < -0.3 is 14.8 Å². The van der Waals surface area contributed by atoms with Crippen molar-refractivity contribution in [3.05, 3.63) is 5.01 Å². The highest BCUT2D eigenvalue weighted by Crippen LogP contribution is 2.28. The van der Waals surface area contributed by atoms with Gasteiger partial charge in [0.1, 0.15) is 11.6 Å². The Morgan fingerprint density at radius 1 is 1.35 bits per heavy atom. The van der Waals surface area contributed by atoms with Crippen LogP contribution in [0.1, 0.15) is 43.5 Å². The third-order valence-electron chi connectivity index (χ3n) is 4.73. The molecule has 1 atom stereocenters. The molecule has 0 radical (unpaired) electrons. The van der Waals surface area contributed by atoms with Crippen LogP contribution >= 0.6 is 11.3 Å². The largest absolute Gasteiger partial charge is 0.378 e. The first kappa shape index (κ1) is 19.2. The van der Waals surface area contributed by atoms with E-state index in [-0.39, 0.29) is 24.2 Å². The summed E-state index contributed by atoms with van der Waals surface area (Å²) in [4.78, 5) is 26.1. The number of amides is 2. The summed E-state index contributed by atoms with van der Waals surface area (Å²) in [5, 5.41) is 12.2.